The molecule has 0 bridgehead atoms. The van der Waals surface area contributed by atoms with Crippen molar-refractivity contribution in [3.63, 3.8) is 0 Å². The Morgan fingerprint density at radius 2 is 1.93 bits per heavy atom. The van der Waals surface area contributed by atoms with Crippen molar-refractivity contribution in [3.8, 4) is 0 Å². The van der Waals surface area contributed by atoms with Crippen LogP contribution in [0.25, 0.3) is 0 Å². The summed E-state index contributed by atoms with van der Waals surface area (Å²) >= 11 is 0. The summed E-state index contributed by atoms with van der Waals surface area (Å²) in [6, 6.07) is 0. The molecule has 1 N–H and O–H groups in total. The highest BCUT2D eigenvalue weighted by Crippen LogP contribution is 2.25. The summed E-state index contributed by atoms with van der Waals surface area (Å²) in [6.45, 7) is 10.9. The summed E-state index contributed by atoms with van der Waals surface area (Å²) in [4.78, 5) is 22.3. The number of fused-ring (bicyclic) bond motifs is 1. The third-order valence-corrected chi connectivity index (χ3v) is 5.60. The van der Waals surface area contributed by atoms with Gasteiger partial charge in [-0.05, 0) is 25.7 Å². The summed E-state index contributed by atoms with van der Waals surface area (Å²) < 4.78 is 6.93. The van der Waals surface area contributed by atoms with Gasteiger partial charge in [0.1, 0.15) is 0 Å². The molecule has 29 heavy (non-hydrogen) atoms. The highest BCUT2D eigenvalue weighted by Gasteiger charge is 2.24. The van der Waals surface area contributed by atoms with Crippen molar-refractivity contribution in [1.29, 1.82) is 0 Å². The minimum Gasteiger partial charge on any atom is -0.465 e. The molecule has 8 heteroatoms. The van der Waals surface area contributed by atoms with Crippen LogP contribution in [-0.2, 0) is 24.2 Å². The maximum absolute atomic E-state index is 11.5. The number of nitrogens with zero attached hydrogens (tertiary/aromatic N) is 5. The molecule has 4 heterocycles. The number of methoxy groups -OCH3 is 1. The molecule has 0 atom stereocenters. The van der Waals surface area contributed by atoms with Crippen molar-refractivity contribution in [2.45, 2.75) is 53.1 Å². The van der Waals surface area contributed by atoms with E-state index in [1.165, 1.54) is 30.8 Å². The van der Waals surface area contributed by atoms with Gasteiger partial charge in [-0.1, -0.05) is 13.8 Å². The number of carbonyl (C=O) groups excluding carboxylic acids is 1. The lowest BCUT2D eigenvalue weighted by atomic mass is 9.96. The molecule has 1 saturated heterocycles. The van der Waals surface area contributed by atoms with Crippen LogP contribution in [0.15, 0.2) is 12.4 Å². The van der Waals surface area contributed by atoms with E-state index in [0.717, 1.165) is 57.7 Å². The van der Waals surface area contributed by atoms with E-state index in [0.29, 0.717) is 17.4 Å². The number of nitrogens with one attached hydrogen (secondary N) is 1. The number of esters is 1. The third-order valence-electron chi connectivity index (χ3n) is 5.60. The van der Waals surface area contributed by atoms with Gasteiger partial charge in [0.15, 0.2) is 0 Å². The Balaban J connectivity index is 0.00000117. The predicted molar refractivity (Wildman–Crippen MR) is 112 cm³/mol. The van der Waals surface area contributed by atoms with E-state index in [9.17, 15) is 4.79 Å². The molecule has 0 aromatic carbocycles. The molecule has 2 aliphatic heterocycles. The van der Waals surface area contributed by atoms with Gasteiger partial charge in [-0.3, -0.25) is 4.68 Å². The largest absolute Gasteiger partial charge is 0.465 e. The van der Waals surface area contributed by atoms with Crippen molar-refractivity contribution in [3.05, 3.63) is 34.9 Å². The van der Waals surface area contributed by atoms with Crippen LogP contribution in [0.3, 0.4) is 0 Å². The molecule has 0 spiro atoms. The van der Waals surface area contributed by atoms with Gasteiger partial charge < -0.3 is 15.0 Å². The van der Waals surface area contributed by atoms with Gasteiger partial charge in [-0.25, -0.2) is 14.8 Å². The van der Waals surface area contributed by atoms with E-state index in [2.05, 4.69) is 36.5 Å². The highest BCUT2D eigenvalue weighted by atomic mass is 16.5. The molecule has 0 saturated carbocycles. The zero-order valence-corrected chi connectivity index (χ0v) is 17.9. The molecule has 8 nitrogen and oxygen atoms in total. The van der Waals surface area contributed by atoms with Crippen LogP contribution >= 0.6 is 0 Å². The van der Waals surface area contributed by atoms with Gasteiger partial charge in [0.25, 0.3) is 0 Å². The van der Waals surface area contributed by atoms with Gasteiger partial charge >= 0.3 is 5.97 Å². The first kappa shape index (κ1) is 21.2. The second-order valence-corrected chi connectivity index (χ2v) is 7.31. The zero-order valence-electron chi connectivity index (χ0n) is 17.9. The number of piperidine rings is 1. The molecule has 158 valence electrons. The first-order valence-corrected chi connectivity index (χ1v) is 10.6. The molecule has 2 aliphatic rings. The van der Waals surface area contributed by atoms with E-state index in [-0.39, 0.29) is 0 Å². The number of rotatable bonds is 4. The molecular weight excluding hydrogens is 368 g/mol. The number of hydrogen-bond donors (Lipinski definition) is 1. The maximum atomic E-state index is 11.5. The molecule has 1 fully saturated rings. The summed E-state index contributed by atoms with van der Waals surface area (Å²) in [6.07, 6.45) is 6.32. The van der Waals surface area contributed by atoms with Gasteiger partial charge in [-0.15, -0.1) is 0 Å². The Labute approximate surface area is 172 Å². The predicted octanol–water partition coefficient (Wildman–Crippen LogP) is 2.36. The van der Waals surface area contributed by atoms with E-state index >= 15 is 0 Å². The number of ether oxygens (including phenoxy) is 1. The summed E-state index contributed by atoms with van der Waals surface area (Å²) in [7, 11) is 1.36. The van der Waals surface area contributed by atoms with Gasteiger partial charge in [-0.2, -0.15) is 5.10 Å². The van der Waals surface area contributed by atoms with Gasteiger partial charge in [0.2, 0.25) is 5.95 Å². The fourth-order valence-corrected chi connectivity index (χ4v) is 4.02. The first-order chi connectivity index (χ1) is 14.2. The number of anilines is 1. The lowest BCUT2D eigenvalue weighted by Crippen LogP contribution is -2.36. The lowest BCUT2D eigenvalue weighted by molar-refractivity contribution is 0.0600. The number of carbonyl (C=O) groups is 1. The Kier molecular flexibility index (Phi) is 7.19. The van der Waals surface area contributed by atoms with E-state index in [4.69, 9.17) is 5.10 Å². The summed E-state index contributed by atoms with van der Waals surface area (Å²) in [5, 5.41) is 8.23. The average molecular weight is 401 g/mol. The quantitative estimate of drug-likeness (QED) is 0.789. The first-order valence-electron chi connectivity index (χ1n) is 10.6. The number of hydrogen-bond acceptors (Lipinski definition) is 7. The Morgan fingerprint density at radius 1 is 1.24 bits per heavy atom. The minimum atomic E-state index is -0.409. The van der Waals surface area contributed by atoms with E-state index in [1.54, 1.807) is 0 Å². The normalized spacial score (nSPS) is 16.6. The minimum absolute atomic E-state index is 0.379. The lowest BCUT2D eigenvalue weighted by Gasteiger charge is -2.32. The van der Waals surface area contributed by atoms with Crippen LogP contribution in [0, 0.1) is 12.8 Å². The fourth-order valence-electron chi connectivity index (χ4n) is 4.02. The van der Waals surface area contributed by atoms with Crippen molar-refractivity contribution < 1.29 is 9.53 Å². The van der Waals surface area contributed by atoms with Crippen LogP contribution < -0.4 is 10.2 Å². The Hall–Kier alpha value is -2.48. The highest BCUT2D eigenvalue weighted by molar-refractivity contribution is 5.88. The number of aryl methyl sites for hydroxylation is 1. The second kappa shape index (κ2) is 9.82. The molecule has 0 radical (unpaired) electrons. The Bertz CT molecular complexity index is 809. The van der Waals surface area contributed by atoms with Crippen LogP contribution in [-0.4, -0.2) is 52.5 Å². The monoisotopic (exact) mass is 400 g/mol. The van der Waals surface area contributed by atoms with Crippen LogP contribution in [0.5, 0.6) is 0 Å². The molecule has 0 aliphatic carbocycles. The second-order valence-electron chi connectivity index (χ2n) is 7.31. The molecule has 2 aromatic heterocycles. The van der Waals surface area contributed by atoms with Crippen molar-refractivity contribution in [1.82, 2.24) is 25.1 Å². The SMILES string of the molecule is CC.COC(=O)c1cnc(N2CCC(Cn3nc(C)c4c3CCNC4)CC2)nc1. The van der Waals surface area contributed by atoms with Crippen LogP contribution in [0.1, 0.15) is 54.0 Å². The van der Waals surface area contributed by atoms with E-state index in [1.807, 2.05) is 13.8 Å². The smallest absolute Gasteiger partial charge is 0.341 e. The average Bonchev–Trinajstić information content (AvgIpc) is 3.11. The molecule has 4 rings (SSSR count). The molecular formula is C21H32N6O2. The number of aromatic nitrogens is 4. The van der Waals surface area contributed by atoms with Crippen LogP contribution in [0.2, 0.25) is 0 Å². The van der Waals surface area contributed by atoms with Gasteiger partial charge in [0, 0.05) is 62.8 Å². The van der Waals surface area contributed by atoms with Crippen molar-refractivity contribution >= 4 is 11.9 Å². The van der Waals surface area contributed by atoms with Crippen LogP contribution in [0.4, 0.5) is 5.95 Å². The van der Waals surface area contributed by atoms with Gasteiger partial charge in [0.05, 0.1) is 18.4 Å². The standard InChI is InChI=1S/C19H26N6O2.C2H6/c1-13-16-11-20-6-3-17(16)25(23-13)12-14-4-7-24(8-5-14)19-21-9-15(10-22-19)18(26)27-2;1-2/h9-10,14,20H,3-8,11-12H2,1-2H3;1-2H3. The van der Waals surface area contributed by atoms with E-state index < -0.39 is 5.97 Å². The molecule has 0 amide bonds. The fraction of sp³-hybridized carbons (Fsp3) is 0.619. The molecule has 0 unspecified atom stereocenters. The van der Waals surface area contributed by atoms with Crippen molar-refractivity contribution in [2.24, 2.45) is 5.92 Å². The maximum Gasteiger partial charge on any atom is 0.341 e. The third kappa shape index (κ3) is 4.75. The summed E-state index contributed by atoms with van der Waals surface area (Å²) in [5.41, 5.74) is 4.34. The Morgan fingerprint density at radius 3 is 2.59 bits per heavy atom. The topological polar surface area (TPSA) is 85.2 Å². The summed E-state index contributed by atoms with van der Waals surface area (Å²) in [5.74, 6) is 0.890. The zero-order chi connectivity index (χ0) is 20.8. The van der Waals surface area contributed by atoms with Crippen molar-refractivity contribution in [2.75, 3.05) is 31.6 Å². The molecule has 2 aromatic rings.